The van der Waals surface area contributed by atoms with E-state index in [1.165, 1.54) is 31.3 Å². The zero-order valence-corrected chi connectivity index (χ0v) is 11.3. The molecule has 0 aromatic heterocycles. The highest BCUT2D eigenvalue weighted by molar-refractivity contribution is 7.89. The lowest BCUT2D eigenvalue weighted by Crippen LogP contribution is -2.46. The number of amides is 1. The smallest absolute Gasteiger partial charge is 0.251 e. The summed E-state index contributed by atoms with van der Waals surface area (Å²) in [6, 6.07) is 5.49. The molecule has 1 aromatic rings. The highest BCUT2D eigenvalue weighted by Crippen LogP contribution is 2.22. The number of hydrogen-bond acceptors (Lipinski definition) is 4. The maximum absolute atomic E-state index is 12.0. The van der Waals surface area contributed by atoms with Crippen LogP contribution in [0, 0.1) is 0 Å². The Hall–Kier alpha value is -1.44. The number of carbonyl (C=O) groups excluding carboxylic acids is 1. The van der Waals surface area contributed by atoms with Crippen LogP contribution in [0.3, 0.4) is 0 Å². The first-order valence-corrected chi connectivity index (χ1v) is 7.43. The van der Waals surface area contributed by atoms with Gasteiger partial charge in [0.1, 0.15) is 0 Å². The molecule has 0 spiro atoms. The summed E-state index contributed by atoms with van der Waals surface area (Å²) < 4.78 is 26.5. The Labute approximate surface area is 111 Å². The molecule has 1 aliphatic rings. The Morgan fingerprint density at radius 3 is 2.32 bits per heavy atom. The van der Waals surface area contributed by atoms with Crippen LogP contribution in [0.4, 0.5) is 0 Å². The number of nitrogens with one attached hydrogen (secondary N) is 2. The van der Waals surface area contributed by atoms with Crippen LogP contribution in [0.15, 0.2) is 29.2 Å². The van der Waals surface area contributed by atoms with Crippen LogP contribution < -0.4 is 10.0 Å². The second-order valence-electron chi connectivity index (χ2n) is 4.55. The van der Waals surface area contributed by atoms with Gasteiger partial charge >= 0.3 is 0 Å². The lowest BCUT2D eigenvalue weighted by molar-refractivity contribution is 0.0712. The van der Waals surface area contributed by atoms with Crippen LogP contribution in [-0.2, 0) is 10.0 Å². The molecule has 1 fully saturated rings. The minimum Gasteiger partial charge on any atom is -0.393 e. The third-order valence-electron chi connectivity index (χ3n) is 3.09. The van der Waals surface area contributed by atoms with Crippen molar-refractivity contribution in [1.29, 1.82) is 0 Å². The van der Waals surface area contributed by atoms with Crippen molar-refractivity contribution in [3.63, 3.8) is 0 Å². The Balaban J connectivity index is 2.10. The van der Waals surface area contributed by atoms with Crippen molar-refractivity contribution in [1.82, 2.24) is 10.0 Å². The van der Waals surface area contributed by atoms with E-state index in [0.29, 0.717) is 18.4 Å². The molecule has 0 saturated heterocycles. The molecule has 1 saturated carbocycles. The highest BCUT2D eigenvalue weighted by Gasteiger charge is 2.31. The number of aliphatic hydroxyl groups excluding tert-OH is 1. The third kappa shape index (κ3) is 3.12. The second kappa shape index (κ2) is 5.28. The van der Waals surface area contributed by atoms with E-state index in [2.05, 4.69) is 10.0 Å². The van der Waals surface area contributed by atoms with Crippen molar-refractivity contribution in [2.45, 2.75) is 29.9 Å². The highest BCUT2D eigenvalue weighted by atomic mass is 32.2. The fourth-order valence-electron chi connectivity index (χ4n) is 1.90. The van der Waals surface area contributed by atoms with Gasteiger partial charge in [0.2, 0.25) is 10.0 Å². The molecule has 0 radical (unpaired) electrons. The van der Waals surface area contributed by atoms with E-state index >= 15 is 0 Å². The minimum atomic E-state index is -3.59. The van der Waals surface area contributed by atoms with Gasteiger partial charge in [-0.3, -0.25) is 4.79 Å². The van der Waals surface area contributed by atoms with Gasteiger partial charge in [0.15, 0.2) is 0 Å². The first-order chi connectivity index (χ1) is 8.92. The number of benzene rings is 1. The van der Waals surface area contributed by atoms with E-state index in [1.807, 2.05) is 0 Å². The van der Waals surface area contributed by atoms with E-state index in [9.17, 15) is 13.2 Å². The summed E-state index contributed by atoms with van der Waals surface area (Å²) >= 11 is 0. The predicted molar refractivity (Wildman–Crippen MR) is 69.2 cm³/mol. The predicted octanol–water partition coefficient (Wildman–Crippen LogP) is -0.152. The standard InChI is InChI=1S/C12H16N2O4S/c1-13-12(16)8-2-4-11(5-3-8)19(17,18)14-9-6-10(15)7-9/h2-5,9-10,14-15H,6-7H2,1H3,(H,13,16). The number of aliphatic hydroxyl groups is 1. The first-order valence-electron chi connectivity index (χ1n) is 5.95. The molecular weight excluding hydrogens is 268 g/mol. The molecule has 1 aromatic carbocycles. The number of sulfonamides is 1. The monoisotopic (exact) mass is 284 g/mol. The molecule has 19 heavy (non-hydrogen) atoms. The van der Waals surface area contributed by atoms with Gasteiger partial charge < -0.3 is 10.4 Å². The fraction of sp³-hybridized carbons (Fsp3) is 0.417. The molecular formula is C12H16N2O4S. The van der Waals surface area contributed by atoms with Crippen molar-refractivity contribution >= 4 is 15.9 Å². The molecule has 104 valence electrons. The Kier molecular flexibility index (Phi) is 3.88. The van der Waals surface area contributed by atoms with Crippen LogP contribution in [0.5, 0.6) is 0 Å². The molecule has 1 aliphatic carbocycles. The molecule has 0 aliphatic heterocycles. The molecule has 0 bridgehead atoms. The van der Waals surface area contributed by atoms with Crippen molar-refractivity contribution in [2.75, 3.05) is 7.05 Å². The van der Waals surface area contributed by atoms with Gasteiger partial charge in [-0.2, -0.15) is 0 Å². The quantitative estimate of drug-likeness (QED) is 0.716. The lowest BCUT2D eigenvalue weighted by atomic mass is 9.91. The summed E-state index contributed by atoms with van der Waals surface area (Å²) in [5.41, 5.74) is 0.403. The zero-order chi connectivity index (χ0) is 14.0. The average molecular weight is 284 g/mol. The SMILES string of the molecule is CNC(=O)c1ccc(S(=O)(=O)NC2CC(O)C2)cc1. The van der Waals surface area contributed by atoms with Gasteiger partial charge in [0, 0.05) is 18.7 Å². The second-order valence-corrected chi connectivity index (χ2v) is 6.26. The van der Waals surface area contributed by atoms with Gasteiger partial charge in [-0.1, -0.05) is 0 Å². The normalized spacial score (nSPS) is 22.6. The summed E-state index contributed by atoms with van der Waals surface area (Å²) in [6.45, 7) is 0. The van der Waals surface area contributed by atoms with E-state index < -0.39 is 16.1 Å². The van der Waals surface area contributed by atoms with Crippen LogP contribution in [0.1, 0.15) is 23.2 Å². The topological polar surface area (TPSA) is 95.5 Å². The molecule has 6 nitrogen and oxygen atoms in total. The minimum absolute atomic E-state index is 0.113. The summed E-state index contributed by atoms with van der Waals surface area (Å²) in [7, 11) is -2.08. The first kappa shape index (κ1) is 14.0. The van der Waals surface area contributed by atoms with Gasteiger partial charge in [-0.25, -0.2) is 13.1 Å². The van der Waals surface area contributed by atoms with E-state index in [1.54, 1.807) is 0 Å². The summed E-state index contributed by atoms with van der Waals surface area (Å²) in [5.74, 6) is -0.265. The molecule has 1 amide bonds. The molecule has 0 atom stereocenters. The van der Waals surface area contributed by atoms with Gasteiger partial charge in [0.25, 0.3) is 5.91 Å². The largest absolute Gasteiger partial charge is 0.393 e. The van der Waals surface area contributed by atoms with E-state index in [0.717, 1.165) is 0 Å². The number of carbonyl (C=O) groups is 1. The fourth-order valence-corrected chi connectivity index (χ4v) is 3.16. The number of hydrogen-bond donors (Lipinski definition) is 3. The number of rotatable bonds is 4. The molecule has 3 N–H and O–H groups in total. The molecule has 2 rings (SSSR count). The summed E-state index contributed by atoms with van der Waals surface area (Å²) in [5, 5.41) is 11.6. The van der Waals surface area contributed by atoms with Crippen molar-refractivity contribution < 1.29 is 18.3 Å². The Bertz CT molecular complexity index is 562. The molecule has 0 unspecified atom stereocenters. The van der Waals surface area contributed by atoms with Crippen LogP contribution in [0.25, 0.3) is 0 Å². The van der Waals surface area contributed by atoms with Crippen molar-refractivity contribution in [3.8, 4) is 0 Å². The lowest BCUT2D eigenvalue weighted by Gasteiger charge is -2.31. The molecule has 7 heteroatoms. The summed E-state index contributed by atoms with van der Waals surface area (Å²) in [6.07, 6.45) is 0.466. The van der Waals surface area contributed by atoms with Crippen LogP contribution >= 0.6 is 0 Å². The van der Waals surface area contributed by atoms with Crippen molar-refractivity contribution in [3.05, 3.63) is 29.8 Å². The van der Waals surface area contributed by atoms with Gasteiger partial charge in [0.05, 0.1) is 11.0 Å². The average Bonchev–Trinajstić information content (AvgIpc) is 2.36. The van der Waals surface area contributed by atoms with E-state index in [-0.39, 0.29) is 16.8 Å². The Morgan fingerprint density at radius 2 is 1.84 bits per heavy atom. The van der Waals surface area contributed by atoms with Gasteiger partial charge in [-0.15, -0.1) is 0 Å². The maximum atomic E-state index is 12.0. The molecule has 0 heterocycles. The maximum Gasteiger partial charge on any atom is 0.251 e. The Morgan fingerprint density at radius 1 is 1.26 bits per heavy atom. The third-order valence-corrected chi connectivity index (χ3v) is 4.63. The van der Waals surface area contributed by atoms with Crippen LogP contribution in [-0.4, -0.2) is 38.6 Å². The summed E-state index contributed by atoms with van der Waals surface area (Å²) in [4.78, 5) is 11.5. The van der Waals surface area contributed by atoms with Crippen LogP contribution in [0.2, 0.25) is 0 Å². The van der Waals surface area contributed by atoms with E-state index in [4.69, 9.17) is 5.11 Å². The van der Waals surface area contributed by atoms with Crippen molar-refractivity contribution in [2.24, 2.45) is 0 Å². The zero-order valence-electron chi connectivity index (χ0n) is 10.5. The van der Waals surface area contributed by atoms with Gasteiger partial charge in [-0.05, 0) is 37.1 Å².